The fourth-order valence-corrected chi connectivity index (χ4v) is 3.07. The number of hydrogen-bond acceptors (Lipinski definition) is 3. The van der Waals surface area contributed by atoms with Crippen LogP contribution in [0.4, 0.5) is 8.78 Å². The number of aryl methyl sites for hydroxylation is 3. The highest BCUT2D eigenvalue weighted by Gasteiger charge is 2.17. The molecular formula is C14H12ClF2N3S. The van der Waals surface area contributed by atoms with Gasteiger partial charge in [-0.15, -0.1) is 22.9 Å². The van der Waals surface area contributed by atoms with E-state index in [9.17, 15) is 8.78 Å². The number of imidazole rings is 1. The van der Waals surface area contributed by atoms with Crippen LogP contribution in [0.15, 0.2) is 23.0 Å². The topological polar surface area (TPSA) is 30.7 Å². The summed E-state index contributed by atoms with van der Waals surface area (Å²) in [7, 11) is 0. The van der Waals surface area contributed by atoms with E-state index in [1.54, 1.807) is 10.1 Å². The lowest BCUT2D eigenvalue weighted by Gasteiger charge is -2.08. The molecule has 0 unspecified atom stereocenters. The highest BCUT2D eigenvalue weighted by Crippen LogP contribution is 2.23. The van der Waals surface area contributed by atoms with Crippen LogP contribution in [0.2, 0.25) is 0 Å². The maximum Gasteiger partial charge on any atom is 0.184 e. The van der Waals surface area contributed by atoms with Gasteiger partial charge in [-0.25, -0.2) is 18.7 Å². The molecule has 0 spiro atoms. The summed E-state index contributed by atoms with van der Waals surface area (Å²) in [6.45, 7) is 0.493. The maximum absolute atomic E-state index is 14.1. The van der Waals surface area contributed by atoms with Crippen LogP contribution >= 0.6 is 22.9 Å². The minimum atomic E-state index is -0.866. The highest BCUT2D eigenvalue weighted by atomic mass is 35.5. The van der Waals surface area contributed by atoms with E-state index in [4.69, 9.17) is 11.6 Å². The zero-order valence-electron chi connectivity index (χ0n) is 11.0. The van der Waals surface area contributed by atoms with Crippen LogP contribution in [0.5, 0.6) is 0 Å². The van der Waals surface area contributed by atoms with Crippen LogP contribution in [-0.2, 0) is 19.4 Å². The van der Waals surface area contributed by atoms with Crippen LogP contribution < -0.4 is 0 Å². The van der Waals surface area contributed by atoms with Gasteiger partial charge >= 0.3 is 0 Å². The first-order chi connectivity index (χ1) is 10.2. The van der Waals surface area contributed by atoms with Crippen molar-refractivity contribution in [2.45, 2.75) is 19.4 Å². The lowest BCUT2D eigenvalue weighted by Crippen LogP contribution is -2.08. The molecule has 0 N–H and O–H groups in total. The second kappa shape index (κ2) is 6.07. The van der Waals surface area contributed by atoms with Gasteiger partial charge in [-0.3, -0.25) is 0 Å². The summed E-state index contributed by atoms with van der Waals surface area (Å²) in [5, 5.41) is 1.94. The number of nitrogens with zero attached hydrogens (tertiary/aromatic N) is 3. The summed E-state index contributed by atoms with van der Waals surface area (Å²) in [5.41, 5.74) is 3.33. The van der Waals surface area contributed by atoms with Crippen molar-refractivity contribution < 1.29 is 8.78 Å². The molecular weight excluding hydrogens is 316 g/mol. The van der Waals surface area contributed by atoms with Gasteiger partial charge in [0.2, 0.25) is 0 Å². The number of hydrogen-bond donors (Lipinski definition) is 0. The van der Waals surface area contributed by atoms with Gasteiger partial charge in [-0.2, -0.15) is 0 Å². The van der Waals surface area contributed by atoms with E-state index in [1.807, 2.05) is 5.38 Å². The Kier molecular flexibility index (Phi) is 4.17. The molecule has 21 heavy (non-hydrogen) atoms. The Morgan fingerprint density at radius 2 is 2.10 bits per heavy atom. The fraction of sp³-hybridized carbons (Fsp3) is 0.286. The molecule has 0 saturated carbocycles. The predicted octanol–water partition coefficient (Wildman–Crippen LogP) is 3.80. The summed E-state index contributed by atoms with van der Waals surface area (Å²) in [6.07, 6.45) is 1.15. The van der Waals surface area contributed by atoms with Crippen LogP contribution in [0.3, 0.4) is 0 Å². The fourth-order valence-electron chi connectivity index (χ4n) is 2.31. The summed E-state index contributed by atoms with van der Waals surface area (Å²) >= 11 is 7.28. The minimum Gasteiger partial charge on any atom is -0.325 e. The standard InChI is InChI=1S/C14H12ClF2N3S/c15-5-3-12-19-11-2-1-10(16)13(17)14(11)20(12)6-4-9-7-21-8-18-9/h1-2,7-8H,3-6H2. The zero-order valence-corrected chi connectivity index (χ0v) is 12.6. The molecule has 3 aromatic rings. The summed E-state index contributed by atoms with van der Waals surface area (Å²) < 4.78 is 29.3. The molecule has 0 aliphatic heterocycles. The minimum absolute atomic E-state index is 0.199. The Balaban J connectivity index is 2.04. The summed E-state index contributed by atoms with van der Waals surface area (Å²) in [6, 6.07) is 2.59. The number of alkyl halides is 1. The number of halogens is 3. The molecule has 2 heterocycles. The van der Waals surface area contributed by atoms with E-state index in [2.05, 4.69) is 9.97 Å². The van der Waals surface area contributed by atoms with Gasteiger partial charge in [0.25, 0.3) is 0 Å². The second-order valence-electron chi connectivity index (χ2n) is 4.58. The smallest absolute Gasteiger partial charge is 0.184 e. The normalized spacial score (nSPS) is 11.4. The first-order valence-corrected chi connectivity index (χ1v) is 7.94. The van der Waals surface area contributed by atoms with Crippen molar-refractivity contribution in [3.63, 3.8) is 0 Å². The average Bonchev–Trinajstić information content (AvgIpc) is 3.09. The molecule has 3 rings (SSSR count). The number of aromatic nitrogens is 3. The van der Waals surface area contributed by atoms with Crippen molar-refractivity contribution in [3.05, 3.63) is 46.2 Å². The van der Waals surface area contributed by atoms with Crippen molar-refractivity contribution >= 4 is 34.0 Å². The lowest BCUT2D eigenvalue weighted by atomic mass is 10.2. The molecule has 0 amide bonds. The van der Waals surface area contributed by atoms with Gasteiger partial charge in [0.15, 0.2) is 11.6 Å². The number of benzene rings is 1. The Bertz CT molecular complexity index is 755. The summed E-state index contributed by atoms with van der Waals surface area (Å²) in [4.78, 5) is 8.56. The van der Waals surface area contributed by atoms with Crippen LogP contribution in [-0.4, -0.2) is 20.4 Å². The molecule has 1 aromatic carbocycles. The predicted molar refractivity (Wildman–Crippen MR) is 79.9 cm³/mol. The molecule has 3 nitrogen and oxygen atoms in total. The quantitative estimate of drug-likeness (QED) is 0.667. The van der Waals surface area contributed by atoms with Crippen LogP contribution in [0.1, 0.15) is 11.5 Å². The van der Waals surface area contributed by atoms with E-state index < -0.39 is 11.6 Å². The molecule has 0 atom stereocenters. The molecule has 110 valence electrons. The molecule has 2 aromatic heterocycles. The summed E-state index contributed by atoms with van der Waals surface area (Å²) in [5.74, 6) is -0.682. The SMILES string of the molecule is Fc1ccc2nc(CCCl)n(CCc3cscn3)c2c1F. The molecule has 0 bridgehead atoms. The molecule has 0 aliphatic rings. The first kappa shape index (κ1) is 14.4. The van der Waals surface area contributed by atoms with Crippen molar-refractivity contribution in [2.75, 3.05) is 5.88 Å². The molecule has 0 aliphatic carbocycles. The number of rotatable bonds is 5. The lowest BCUT2D eigenvalue weighted by molar-refractivity contribution is 0.510. The molecule has 0 saturated heterocycles. The Morgan fingerprint density at radius 3 is 2.81 bits per heavy atom. The van der Waals surface area contributed by atoms with Crippen molar-refractivity contribution in [1.29, 1.82) is 0 Å². The van der Waals surface area contributed by atoms with Gasteiger partial charge < -0.3 is 4.57 Å². The highest BCUT2D eigenvalue weighted by molar-refractivity contribution is 7.07. The monoisotopic (exact) mass is 327 g/mol. The van der Waals surface area contributed by atoms with Crippen molar-refractivity contribution in [1.82, 2.24) is 14.5 Å². The number of fused-ring (bicyclic) bond motifs is 1. The van der Waals surface area contributed by atoms with E-state index in [0.717, 1.165) is 11.8 Å². The largest absolute Gasteiger partial charge is 0.325 e. The van der Waals surface area contributed by atoms with Crippen LogP contribution in [0, 0.1) is 11.6 Å². The van der Waals surface area contributed by atoms with Gasteiger partial charge in [-0.1, -0.05) is 0 Å². The van der Waals surface area contributed by atoms with Crippen molar-refractivity contribution in [2.24, 2.45) is 0 Å². The molecule has 0 fully saturated rings. The van der Waals surface area contributed by atoms with E-state index in [1.165, 1.54) is 17.4 Å². The molecule has 0 radical (unpaired) electrons. The Morgan fingerprint density at radius 1 is 1.24 bits per heavy atom. The van der Waals surface area contributed by atoms with Crippen LogP contribution in [0.25, 0.3) is 11.0 Å². The van der Waals surface area contributed by atoms with E-state index >= 15 is 0 Å². The first-order valence-electron chi connectivity index (χ1n) is 6.47. The third kappa shape index (κ3) is 2.78. The third-order valence-corrected chi connectivity index (χ3v) is 4.10. The Hall–Kier alpha value is -1.53. The van der Waals surface area contributed by atoms with E-state index in [0.29, 0.717) is 36.6 Å². The van der Waals surface area contributed by atoms with Gasteiger partial charge in [0, 0.05) is 30.6 Å². The van der Waals surface area contributed by atoms with Gasteiger partial charge in [-0.05, 0) is 12.1 Å². The van der Waals surface area contributed by atoms with Crippen molar-refractivity contribution in [3.8, 4) is 0 Å². The Labute approximate surface area is 129 Å². The molecule has 7 heteroatoms. The van der Waals surface area contributed by atoms with Gasteiger partial charge in [0.05, 0.1) is 16.7 Å². The maximum atomic E-state index is 14.1. The van der Waals surface area contributed by atoms with E-state index in [-0.39, 0.29) is 5.52 Å². The second-order valence-corrected chi connectivity index (χ2v) is 5.67. The van der Waals surface area contributed by atoms with Gasteiger partial charge in [0.1, 0.15) is 11.3 Å². The average molecular weight is 328 g/mol. The number of thiazole rings is 1. The zero-order chi connectivity index (χ0) is 14.8. The third-order valence-electron chi connectivity index (χ3n) is 3.27.